The lowest BCUT2D eigenvalue weighted by molar-refractivity contribution is 0.437. The molecular weight excluding hydrogens is 246 g/mol. The number of nitrogens with zero attached hydrogens (tertiary/aromatic N) is 1. The van der Waals surface area contributed by atoms with Crippen molar-refractivity contribution in [2.45, 2.75) is 57.4 Å². The number of hydrogen-bond acceptors (Lipinski definition) is 2. The van der Waals surface area contributed by atoms with Crippen LogP contribution in [0.15, 0.2) is 29.3 Å². The number of aryl methyl sites for hydroxylation is 1. The van der Waals surface area contributed by atoms with Crippen LogP contribution in [0.1, 0.15) is 49.7 Å². The quantitative estimate of drug-likeness (QED) is 0.376. The first-order valence-corrected chi connectivity index (χ1v) is 7.98. The minimum Gasteiger partial charge on any atom is -0.312 e. The van der Waals surface area contributed by atoms with Crippen LogP contribution >= 0.6 is 0 Å². The molecule has 0 aromatic heterocycles. The highest BCUT2D eigenvalue weighted by molar-refractivity contribution is 5.84. The zero-order valence-corrected chi connectivity index (χ0v) is 12.1. The summed E-state index contributed by atoms with van der Waals surface area (Å²) in [7, 11) is 0. The van der Waals surface area contributed by atoms with Gasteiger partial charge in [0.15, 0.2) is 0 Å². The van der Waals surface area contributed by atoms with Crippen LogP contribution in [0.5, 0.6) is 0 Å². The molecule has 0 amide bonds. The van der Waals surface area contributed by atoms with Crippen molar-refractivity contribution in [2.75, 3.05) is 0 Å². The summed E-state index contributed by atoms with van der Waals surface area (Å²) in [6.07, 6.45) is 9.85. The van der Waals surface area contributed by atoms with Crippen LogP contribution in [0, 0.1) is 5.92 Å². The van der Waals surface area contributed by atoms with E-state index in [1.54, 1.807) is 0 Å². The molecular formula is C17H25N3. The Morgan fingerprint density at radius 3 is 2.55 bits per heavy atom. The Bertz CT molecular complexity index is 475. The molecule has 0 heterocycles. The van der Waals surface area contributed by atoms with Gasteiger partial charge in [-0.3, -0.25) is 4.99 Å². The molecule has 1 fully saturated rings. The number of rotatable bonds is 2. The predicted molar refractivity (Wildman–Crippen MR) is 83.6 cm³/mol. The van der Waals surface area contributed by atoms with E-state index in [0.717, 1.165) is 25.1 Å². The third-order valence-electron chi connectivity index (χ3n) is 4.78. The van der Waals surface area contributed by atoms with Crippen molar-refractivity contribution in [3.63, 3.8) is 0 Å². The van der Waals surface area contributed by atoms with Crippen molar-refractivity contribution in [2.24, 2.45) is 16.8 Å². The first-order valence-electron chi connectivity index (χ1n) is 7.98. The monoisotopic (exact) mass is 271 g/mol. The van der Waals surface area contributed by atoms with Crippen LogP contribution in [0.3, 0.4) is 0 Å². The fourth-order valence-electron chi connectivity index (χ4n) is 3.60. The maximum Gasteiger partial charge on any atom is 0.114 e. The summed E-state index contributed by atoms with van der Waals surface area (Å²) in [5, 5.41) is 0. The number of nitrogens with one attached hydrogen (secondary N) is 1. The maximum absolute atomic E-state index is 5.76. The van der Waals surface area contributed by atoms with Crippen LogP contribution in [0.25, 0.3) is 0 Å². The summed E-state index contributed by atoms with van der Waals surface area (Å²) >= 11 is 0. The van der Waals surface area contributed by atoms with Gasteiger partial charge in [0.2, 0.25) is 0 Å². The summed E-state index contributed by atoms with van der Waals surface area (Å²) in [5.74, 6) is 7.26. The highest BCUT2D eigenvalue weighted by Crippen LogP contribution is 2.27. The van der Waals surface area contributed by atoms with E-state index in [4.69, 9.17) is 10.8 Å². The van der Waals surface area contributed by atoms with Gasteiger partial charge < -0.3 is 5.43 Å². The number of benzene rings is 1. The molecule has 3 nitrogen and oxygen atoms in total. The second-order valence-corrected chi connectivity index (χ2v) is 6.16. The number of hydrogen-bond donors (Lipinski definition) is 2. The van der Waals surface area contributed by atoms with Gasteiger partial charge in [0, 0.05) is 5.92 Å². The number of nitrogens with two attached hydrogens (primary N) is 1. The van der Waals surface area contributed by atoms with Gasteiger partial charge >= 0.3 is 0 Å². The van der Waals surface area contributed by atoms with E-state index >= 15 is 0 Å². The highest BCUT2D eigenvalue weighted by atomic mass is 15.3. The fraction of sp³-hybridized carbons (Fsp3) is 0.588. The molecule has 1 unspecified atom stereocenters. The van der Waals surface area contributed by atoms with E-state index in [2.05, 4.69) is 29.7 Å². The van der Waals surface area contributed by atoms with Gasteiger partial charge in [-0.25, -0.2) is 5.84 Å². The normalized spacial score (nSPS) is 24.2. The Morgan fingerprint density at radius 1 is 1.05 bits per heavy atom. The third kappa shape index (κ3) is 3.04. The van der Waals surface area contributed by atoms with Crippen LogP contribution < -0.4 is 11.3 Å². The molecule has 0 saturated heterocycles. The van der Waals surface area contributed by atoms with E-state index in [9.17, 15) is 0 Å². The summed E-state index contributed by atoms with van der Waals surface area (Å²) in [6, 6.07) is 9.26. The fourth-order valence-corrected chi connectivity index (χ4v) is 3.60. The van der Waals surface area contributed by atoms with Gasteiger partial charge in [0.05, 0.1) is 6.04 Å². The van der Waals surface area contributed by atoms with E-state index < -0.39 is 0 Å². The minimum absolute atomic E-state index is 0.469. The van der Waals surface area contributed by atoms with Crippen molar-refractivity contribution in [3.05, 3.63) is 35.4 Å². The van der Waals surface area contributed by atoms with Crippen LogP contribution in [0.4, 0.5) is 0 Å². The summed E-state index contributed by atoms with van der Waals surface area (Å²) in [5.41, 5.74) is 5.87. The van der Waals surface area contributed by atoms with Crippen molar-refractivity contribution < 1.29 is 0 Å². The smallest absolute Gasteiger partial charge is 0.114 e. The number of aliphatic imine (C=N–C) groups is 1. The van der Waals surface area contributed by atoms with Gasteiger partial charge in [-0.15, -0.1) is 0 Å². The van der Waals surface area contributed by atoms with Crippen LogP contribution in [0.2, 0.25) is 0 Å². The Hall–Kier alpha value is -1.35. The van der Waals surface area contributed by atoms with Crippen LogP contribution in [-0.4, -0.2) is 11.9 Å². The maximum atomic E-state index is 5.76. The van der Waals surface area contributed by atoms with Crippen molar-refractivity contribution >= 4 is 5.84 Å². The molecule has 0 radical (unpaired) electrons. The average molecular weight is 271 g/mol. The highest BCUT2D eigenvalue weighted by Gasteiger charge is 2.23. The van der Waals surface area contributed by atoms with Gasteiger partial charge in [-0.05, 0) is 43.2 Å². The first-order chi connectivity index (χ1) is 9.86. The molecule has 2 aliphatic rings. The predicted octanol–water partition coefficient (Wildman–Crippen LogP) is 2.99. The minimum atomic E-state index is 0.469. The van der Waals surface area contributed by atoms with Gasteiger partial charge in [0.1, 0.15) is 5.84 Å². The topological polar surface area (TPSA) is 50.4 Å². The van der Waals surface area contributed by atoms with E-state index in [0.29, 0.717) is 12.0 Å². The largest absolute Gasteiger partial charge is 0.312 e. The summed E-state index contributed by atoms with van der Waals surface area (Å²) < 4.78 is 0. The molecule has 0 aliphatic heterocycles. The zero-order valence-electron chi connectivity index (χ0n) is 12.1. The average Bonchev–Trinajstić information content (AvgIpc) is 2.53. The third-order valence-corrected chi connectivity index (χ3v) is 4.78. The van der Waals surface area contributed by atoms with E-state index in [1.807, 2.05) is 0 Å². The van der Waals surface area contributed by atoms with Gasteiger partial charge in [-0.2, -0.15) is 0 Å². The van der Waals surface area contributed by atoms with Crippen molar-refractivity contribution in [1.29, 1.82) is 0 Å². The van der Waals surface area contributed by atoms with Gasteiger partial charge in [-0.1, -0.05) is 43.5 Å². The standard InChI is InChI=1S/C17H25N3/c18-20-17(19-16-8-2-1-3-9-16)15-11-10-13-6-4-5-7-14(13)12-15/h4-7,15-16H,1-3,8-12,18H2,(H,19,20). The number of fused-ring (bicyclic) bond motifs is 1. The summed E-state index contributed by atoms with van der Waals surface area (Å²) in [4.78, 5) is 4.93. The molecule has 0 spiro atoms. The molecule has 0 bridgehead atoms. The molecule has 3 rings (SSSR count). The lowest BCUT2D eigenvalue weighted by Crippen LogP contribution is -2.39. The lowest BCUT2D eigenvalue weighted by atomic mass is 9.83. The number of hydrazine groups is 1. The Balaban J connectivity index is 1.72. The molecule has 108 valence electrons. The van der Waals surface area contributed by atoms with Crippen LogP contribution in [-0.2, 0) is 12.8 Å². The first kappa shape index (κ1) is 13.6. The molecule has 1 atom stereocenters. The van der Waals surface area contributed by atoms with Crippen molar-refractivity contribution in [1.82, 2.24) is 5.43 Å². The number of amidine groups is 1. The molecule has 1 aromatic rings. The molecule has 2 aliphatic carbocycles. The molecule has 1 saturated carbocycles. The molecule has 20 heavy (non-hydrogen) atoms. The summed E-state index contributed by atoms with van der Waals surface area (Å²) in [6.45, 7) is 0. The second kappa shape index (κ2) is 6.40. The molecule has 3 N–H and O–H groups in total. The van der Waals surface area contributed by atoms with E-state index in [1.165, 1.54) is 43.2 Å². The molecule has 3 heteroatoms. The second-order valence-electron chi connectivity index (χ2n) is 6.16. The molecule has 1 aromatic carbocycles. The van der Waals surface area contributed by atoms with E-state index in [-0.39, 0.29) is 0 Å². The van der Waals surface area contributed by atoms with Crippen molar-refractivity contribution in [3.8, 4) is 0 Å². The lowest BCUT2D eigenvalue weighted by Gasteiger charge is -2.27. The Labute approximate surface area is 121 Å². The Morgan fingerprint density at radius 2 is 1.80 bits per heavy atom. The zero-order chi connectivity index (χ0) is 13.8. The SMILES string of the molecule is NNC(=NC1CCCCC1)C1CCc2ccccc2C1. The Kier molecular flexibility index (Phi) is 4.36. The van der Waals surface area contributed by atoms with Gasteiger partial charge in [0.25, 0.3) is 0 Å².